The highest BCUT2D eigenvalue weighted by molar-refractivity contribution is 5.94. The smallest absolute Gasteiger partial charge is 0.337 e. The van der Waals surface area contributed by atoms with E-state index in [2.05, 4.69) is 33.8 Å². The van der Waals surface area contributed by atoms with Crippen molar-refractivity contribution in [2.24, 2.45) is 10.8 Å². The van der Waals surface area contributed by atoms with Crippen LogP contribution in [0.3, 0.4) is 0 Å². The van der Waals surface area contributed by atoms with E-state index in [0.717, 1.165) is 73.1 Å². The second-order valence-corrected chi connectivity index (χ2v) is 14.3. The number of rotatable bonds is 6. The molecular formula is C42H42F4O4. The van der Waals surface area contributed by atoms with Gasteiger partial charge in [-0.2, -0.15) is 0 Å². The standard InChI is InChI=1S/C21H22F2O2.C21H20F2O2/c2*1-21(2)10-4-5-18(21)16-11-13(20(24)25-3)6-8-15(16)17-12-14(22)7-9-19(17)23/h6-9,11-12,18H,4-5,10H2,1-3H3;5-9,11-12H,4,10H2,1-3H3. The molecule has 0 amide bonds. The Kier molecular flexibility index (Phi) is 10.7. The number of carbonyl (C=O) groups is 2. The summed E-state index contributed by atoms with van der Waals surface area (Å²) in [5, 5.41) is 0. The molecule has 262 valence electrons. The van der Waals surface area contributed by atoms with Crippen molar-refractivity contribution in [1.82, 2.24) is 0 Å². The van der Waals surface area contributed by atoms with Gasteiger partial charge in [0, 0.05) is 11.1 Å². The molecule has 0 radical (unpaired) electrons. The Hall–Kier alpha value is -4.72. The van der Waals surface area contributed by atoms with Crippen molar-refractivity contribution in [3.05, 3.63) is 124 Å². The Labute approximate surface area is 291 Å². The molecular weight excluding hydrogens is 644 g/mol. The van der Waals surface area contributed by atoms with Crippen LogP contribution < -0.4 is 0 Å². The van der Waals surface area contributed by atoms with Gasteiger partial charge in [0.25, 0.3) is 0 Å². The summed E-state index contributed by atoms with van der Waals surface area (Å²) < 4.78 is 65.8. The molecule has 0 aliphatic heterocycles. The Morgan fingerprint density at radius 1 is 0.640 bits per heavy atom. The molecule has 1 saturated carbocycles. The highest BCUT2D eigenvalue weighted by atomic mass is 19.1. The van der Waals surface area contributed by atoms with E-state index < -0.39 is 35.2 Å². The van der Waals surface area contributed by atoms with Gasteiger partial charge in [0.15, 0.2) is 0 Å². The summed E-state index contributed by atoms with van der Waals surface area (Å²) in [4.78, 5) is 23.9. The minimum absolute atomic E-state index is 0.0350. The average Bonchev–Trinajstić information content (AvgIpc) is 3.65. The predicted octanol–water partition coefficient (Wildman–Crippen LogP) is 11.3. The molecule has 0 bridgehead atoms. The van der Waals surface area contributed by atoms with E-state index in [4.69, 9.17) is 9.47 Å². The molecule has 1 atom stereocenters. The molecule has 0 saturated heterocycles. The second kappa shape index (κ2) is 14.6. The Morgan fingerprint density at radius 2 is 1.18 bits per heavy atom. The topological polar surface area (TPSA) is 52.6 Å². The van der Waals surface area contributed by atoms with E-state index in [-0.39, 0.29) is 27.9 Å². The summed E-state index contributed by atoms with van der Waals surface area (Å²) in [5.74, 6) is -2.65. The minimum Gasteiger partial charge on any atom is -0.465 e. The summed E-state index contributed by atoms with van der Waals surface area (Å²) in [6.07, 6.45) is 7.08. The van der Waals surface area contributed by atoms with E-state index in [1.54, 1.807) is 36.4 Å². The molecule has 0 N–H and O–H groups in total. The third kappa shape index (κ3) is 7.54. The number of esters is 2. The second-order valence-electron chi connectivity index (χ2n) is 14.3. The van der Waals surface area contributed by atoms with Gasteiger partial charge in [0.05, 0.1) is 25.3 Å². The Morgan fingerprint density at radius 3 is 1.68 bits per heavy atom. The number of ether oxygens (including phenoxy) is 2. The summed E-state index contributed by atoms with van der Waals surface area (Å²) in [6.45, 7) is 8.59. The van der Waals surface area contributed by atoms with Crippen LogP contribution in [0.2, 0.25) is 0 Å². The van der Waals surface area contributed by atoms with Gasteiger partial charge in [-0.1, -0.05) is 52.3 Å². The molecule has 1 unspecified atom stereocenters. The summed E-state index contributed by atoms with van der Waals surface area (Å²) in [7, 11) is 2.66. The monoisotopic (exact) mass is 686 g/mol. The number of halogens is 4. The maximum Gasteiger partial charge on any atom is 0.337 e. The molecule has 4 aromatic rings. The lowest BCUT2D eigenvalue weighted by Crippen LogP contribution is -2.17. The molecule has 8 heteroatoms. The zero-order valence-corrected chi connectivity index (χ0v) is 29.3. The van der Waals surface area contributed by atoms with Crippen molar-refractivity contribution in [2.75, 3.05) is 14.2 Å². The van der Waals surface area contributed by atoms with Crippen LogP contribution in [0.15, 0.2) is 78.9 Å². The molecule has 0 aromatic heterocycles. The third-order valence-electron chi connectivity index (χ3n) is 10.1. The van der Waals surface area contributed by atoms with Gasteiger partial charge in [0.1, 0.15) is 23.3 Å². The predicted molar refractivity (Wildman–Crippen MR) is 188 cm³/mol. The molecule has 50 heavy (non-hydrogen) atoms. The number of benzene rings is 4. The fourth-order valence-corrected chi connectivity index (χ4v) is 7.36. The van der Waals surface area contributed by atoms with Crippen LogP contribution in [0.5, 0.6) is 0 Å². The van der Waals surface area contributed by atoms with E-state index in [0.29, 0.717) is 22.3 Å². The van der Waals surface area contributed by atoms with Gasteiger partial charge in [-0.05, 0) is 131 Å². The van der Waals surface area contributed by atoms with Gasteiger partial charge in [-0.15, -0.1) is 0 Å². The number of hydrogen-bond donors (Lipinski definition) is 0. The van der Waals surface area contributed by atoms with Crippen LogP contribution in [-0.2, 0) is 9.47 Å². The highest BCUT2D eigenvalue weighted by Crippen LogP contribution is 2.51. The summed E-state index contributed by atoms with van der Waals surface area (Å²) in [6, 6.07) is 16.9. The Balaban J connectivity index is 0.000000194. The van der Waals surface area contributed by atoms with Crippen molar-refractivity contribution in [3.8, 4) is 22.3 Å². The van der Waals surface area contributed by atoms with E-state index >= 15 is 0 Å². The largest absolute Gasteiger partial charge is 0.465 e. The van der Waals surface area contributed by atoms with Crippen LogP contribution in [0.4, 0.5) is 17.6 Å². The third-order valence-corrected chi connectivity index (χ3v) is 10.1. The van der Waals surface area contributed by atoms with Crippen molar-refractivity contribution in [1.29, 1.82) is 0 Å². The normalized spacial score (nSPS) is 17.4. The molecule has 6 rings (SSSR count). The van der Waals surface area contributed by atoms with Crippen LogP contribution in [-0.4, -0.2) is 26.2 Å². The van der Waals surface area contributed by atoms with Crippen LogP contribution in [0.1, 0.15) is 97.6 Å². The number of carbonyl (C=O) groups excluding carboxylic acids is 2. The first-order valence-electron chi connectivity index (χ1n) is 16.7. The average molecular weight is 687 g/mol. The van der Waals surface area contributed by atoms with Crippen molar-refractivity contribution >= 4 is 17.5 Å². The van der Waals surface area contributed by atoms with Gasteiger partial charge in [0.2, 0.25) is 0 Å². The Bertz CT molecular complexity index is 1960. The van der Waals surface area contributed by atoms with Crippen LogP contribution >= 0.6 is 0 Å². The fourth-order valence-electron chi connectivity index (χ4n) is 7.36. The maximum atomic E-state index is 14.4. The minimum atomic E-state index is -0.501. The molecule has 0 spiro atoms. The highest BCUT2D eigenvalue weighted by Gasteiger charge is 2.37. The summed E-state index contributed by atoms with van der Waals surface area (Å²) >= 11 is 0. The molecule has 4 nitrogen and oxygen atoms in total. The van der Waals surface area contributed by atoms with Gasteiger partial charge < -0.3 is 9.47 Å². The van der Waals surface area contributed by atoms with Crippen molar-refractivity contribution in [3.63, 3.8) is 0 Å². The zero-order chi connectivity index (χ0) is 36.4. The van der Waals surface area contributed by atoms with Crippen molar-refractivity contribution in [2.45, 2.75) is 65.7 Å². The van der Waals surface area contributed by atoms with E-state index in [1.807, 2.05) is 0 Å². The van der Waals surface area contributed by atoms with Gasteiger partial charge >= 0.3 is 11.9 Å². The molecule has 1 fully saturated rings. The molecule has 0 heterocycles. The molecule has 2 aliphatic rings. The van der Waals surface area contributed by atoms with Gasteiger partial charge in [-0.3, -0.25) is 0 Å². The molecule has 4 aromatic carbocycles. The lowest BCUT2D eigenvalue weighted by molar-refractivity contribution is 0.0591. The first kappa shape index (κ1) is 36.6. The first-order valence-corrected chi connectivity index (χ1v) is 16.7. The fraction of sp³-hybridized carbons (Fsp3) is 0.333. The lowest BCUT2D eigenvalue weighted by atomic mass is 9.75. The van der Waals surface area contributed by atoms with Crippen LogP contribution in [0, 0.1) is 34.1 Å². The lowest BCUT2D eigenvalue weighted by Gasteiger charge is -2.29. The number of methoxy groups -OCH3 is 2. The number of hydrogen-bond acceptors (Lipinski definition) is 4. The van der Waals surface area contributed by atoms with Crippen LogP contribution in [0.25, 0.3) is 27.8 Å². The first-order chi connectivity index (χ1) is 23.7. The van der Waals surface area contributed by atoms with E-state index in [9.17, 15) is 27.2 Å². The van der Waals surface area contributed by atoms with Crippen molar-refractivity contribution < 1.29 is 36.6 Å². The maximum absolute atomic E-state index is 14.4. The molecule has 2 aliphatic carbocycles. The number of allylic oxidation sites excluding steroid dienone is 2. The van der Waals surface area contributed by atoms with E-state index in [1.165, 1.54) is 26.4 Å². The SMILES string of the molecule is COC(=O)c1ccc(-c2cc(F)ccc2F)c(C2=CCCC2(C)C)c1.COC(=O)c1ccc(-c2cc(F)ccc2F)c(C2CCCC2(C)C)c1. The zero-order valence-electron chi connectivity index (χ0n) is 29.3. The van der Waals surface area contributed by atoms with Gasteiger partial charge in [-0.25, -0.2) is 27.2 Å². The quantitative estimate of drug-likeness (QED) is 0.150. The summed E-state index contributed by atoms with van der Waals surface area (Å²) in [5.41, 5.74) is 5.06.